The maximum absolute atomic E-state index is 12.9. The Balaban J connectivity index is 2.41. The maximum atomic E-state index is 12.9. The van der Waals surface area contributed by atoms with Gasteiger partial charge in [-0.1, -0.05) is 29.5 Å². The molecule has 0 bridgehead atoms. The molecule has 0 aromatic heterocycles. The molecule has 0 saturated heterocycles. The summed E-state index contributed by atoms with van der Waals surface area (Å²) < 4.78 is 12.9. The highest BCUT2D eigenvalue weighted by Crippen LogP contribution is 2.15. The lowest BCUT2D eigenvalue weighted by atomic mass is 9.98. The fourth-order valence-corrected chi connectivity index (χ4v) is 1.43. The van der Waals surface area contributed by atoms with Crippen molar-refractivity contribution < 1.29 is 4.39 Å². The Morgan fingerprint density at radius 2 is 2.06 bits per heavy atom. The predicted octanol–water partition coefficient (Wildman–Crippen LogP) is 3.62. The van der Waals surface area contributed by atoms with Gasteiger partial charge in [-0.05, 0) is 38.5 Å². The molecule has 3 heteroatoms. The fourth-order valence-electron chi connectivity index (χ4n) is 1.23. The van der Waals surface area contributed by atoms with Gasteiger partial charge in [-0.25, -0.2) is 4.39 Å². The van der Waals surface area contributed by atoms with Gasteiger partial charge in [-0.3, -0.25) is 0 Å². The normalized spacial score (nSPS) is 10.9. The van der Waals surface area contributed by atoms with E-state index in [0.29, 0.717) is 13.1 Å². The van der Waals surface area contributed by atoms with Crippen LogP contribution in [0.1, 0.15) is 26.3 Å². The van der Waals surface area contributed by atoms with Crippen LogP contribution in [0.5, 0.6) is 0 Å². The topological polar surface area (TPSA) is 12.0 Å². The van der Waals surface area contributed by atoms with Crippen LogP contribution in [0.2, 0.25) is 5.02 Å². The first-order chi connectivity index (χ1) is 7.88. The summed E-state index contributed by atoms with van der Waals surface area (Å²) in [5.41, 5.74) is 0.981. The number of benzene rings is 1. The van der Waals surface area contributed by atoms with Crippen molar-refractivity contribution in [2.75, 3.05) is 6.54 Å². The highest BCUT2D eigenvalue weighted by molar-refractivity contribution is 6.30. The molecule has 0 amide bonds. The van der Waals surface area contributed by atoms with Crippen LogP contribution in [0, 0.1) is 23.1 Å². The van der Waals surface area contributed by atoms with Gasteiger partial charge in [0.2, 0.25) is 0 Å². The molecule has 0 unspecified atom stereocenters. The molecule has 0 fully saturated rings. The predicted molar refractivity (Wildman–Crippen MR) is 70.3 cm³/mol. The smallest absolute Gasteiger partial charge is 0.141 e. The van der Waals surface area contributed by atoms with Crippen LogP contribution in [0.4, 0.5) is 4.39 Å². The second-order valence-corrected chi connectivity index (χ2v) is 5.31. The van der Waals surface area contributed by atoms with Gasteiger partial charge in [0, 0.05) is 12.0 Å². The number of halogens is 2. The van der Waals surface area contributed by atoms with Gasteiger partial charge in [-0.15, -0.1) is 0 Å². The van der Waals surface area contributed by atoms with Crippen molar-refractivity contribution in [2.24, 2.45) is 5.41 Å². The van der Waals surface area contributed by atoms with Crippen molar-refractivity contribution in [1.82, 2.24) is 5.32 Å². The molecule has 0 atom stereocenters. The molecular weight excluding hydrogens is 237 g/mol. The molecule has 1 aromatic rings. The minimum absolute atomic E-state index is 0.0286. The third-order valence-corrected chi connectivity index (χ3v) is 2.28. The molecule has 0 heterocycles. The maximum Gasteiger partial charge on any atom is 0.141 e. The third-order valence-electron chi connectivity index (χ3n) is 1.99. The quantitative estimate of drug-likeness (QED) is 0.641. The Kier molecular flexibility index (Phi) is 4.99. The zero-order chi connectivity index (χ0) is 12.9. The number of hydrogen-bond acceptors (Lipinski definition) is 1. The number of hydrogen-bond donors (Lipinski definition) is 1. The molecule has 92 valence electrons. The SMILES string of the molecule is CC(C)(C)C#CCNCc1ccc(F)c(Cl)c1. The molecule has 0 aliphatic rings. The van der Waals surface area contributed by atoms with Crippen molar-refractivity contribution >= 4 is 11.6 Å². The monoisotopic (exact) mass is 253 g/mol. The number of rotatable bonds is 3. The molecule has 0 aliphatic carbocycles. The van der Waals surface area contributed by atoms with Gasteiger partial charge >= 0.3 is 0 Å². The first-order valence-corrected chi connectivity index (χ1v) is 5.91. The Bertz CT molecular complexity index is 438. The molecule has 1 aromatic carbocycles. The van der Waals surface area contributed by atoms with Crippen molar-refractivity contribution in [1.29, 1.82) is 0 Å². The van der Waals surface area contributed by atoms with Crippen molar-refractivity contribution in [2.45, 2.75) is 27.3 Å². The molecule has 1 rings (SSSR count). The minimum Gasteiger partial charge on any atom is -0.302 e. The second kappa shape index (κ2) is 6.05. The summed E-state index contributed by atoms with van der Waals surface area (Å²) in [6.07, 6.45) is 0. The summed E-state index contributed by atoms with van der Waals surface area (Å²) in [6, 6.07) is 4.71. The van der Waals surface area contributed by atoms with Gasteiger partial charge in [0.25, 0.3) is 0 Å². The first-order valence-electron chi connectivity index (χ1n) is 5.53. The van der Waals surface area contributed by atoms with Crippen LogP contribution < -0.4 is 5.32 Å². The molecule has 17 heavy (non-hydrogen) atoms. The lowest BCUT2D eigenvalue weighted by molar-refractivity contribution is 0.570. The van der Waals surface area contributed by atoms with E-state index in [0.717, 1.165) is 5.56 Å². The van der Waals surface area contributed by atoms with Crippen LogP contribution >= 0.6 is 11.6 Å². The number of nitrogens with one attached hydrogen (secondary N) is 1. The average molecular weight is 254 g/mol. The van der Waals surface area contributed by atoms with Crippen molar-refractivity contribution in [3.05, 3.63) is 34.6 Å². The van der Waals surface area contributed by atoms with Gasteiger partial charge < -0.3 is 5.32 Å². The van der Waals surface area contributed by atoms with Crippen molar-refractivity contribution in [3.8, 4) is 11.8 Å². The van der Waals surface area contributed by atoms with Crippen LogP contribution in [-0.4, -0.2) is 6.54 Å². The Labute approximate surface area is 107 Å². The molecule has 1 N–H and O–H groups in total. The van der Waals surface area contributed by atoms with E-state index in [-0.39, 0.29) is 16.3 Å². The summed E-state index contributed by atoms with van der Waals surface area (Å²) in [4.78, 5) is 0. The Morgan fingerprint density at radius 1 is 1.35 bits per heavy atom. The Morgan fingerprint density at radius 3 is 2.65 bits per heavy atom. The molecule has 0 spiro atoms. The molecule has 0 saturated carbocycles. The zero-order valence-corrected chi connectivity index (χ0v) is 11.2. The summed E-state index contributed by atoms with van der Waals surface area (Å²) >= 11 is 5.68. The zero-order valence-electron chi connectivity index (χ0n) is 10.4. The first kappa shape index (κ1) is 14.0. The van der Waals surface area contributed by atoms with Gasteiger partial charge in [-0.2, -0.15) is 0 Å². The van der Waals surface area contributed by atoms with Gasteiger partial charge in [0.05, 0.1) is 11.6 Å². The molecule has 0 radical (unpaired) electrons. The van der Waals surface area contributed by atoms with Crippen LogP contribution in [0.15, 0.2) is 18.2 Å². The third kappa shape index (κ3) is 5.72. The van der Waals surface area contributed by atoms with Crippen LogP contribution in [0.3, 0.4) is 0 Å². The highest BCUT2D eigenvalue weighted by atomic mass is 35.5. The van der Waals surface area contributed by atoms with Crippen LogP contribution in [-0.2, 0) is 6.54 Å². The van der Waals surface area contributed by atoms with Gasteiger partial charge in [0.1, 0.15) is 5.82 Å². The second-order valence-electron chi connectivity index (χ2n) is 4.90. The van der Waals surface area contributed by atoms with E-state index >= 15 is 0 Å². The average Bonchev–Trinajstić information content (AvgIpc) is 2.21. The van der Waals surface area contributed by atoms with E-state index in [1.807, 2.05) is 0 Å². The summed E-state index contributed by atoms with van der Waals surface area (Å²) in [6.45, 7) is 7.46. The lowest BCUT2D eigenvalue weighted by Crippen LogP contribution is -2.14. The van der Waals surface area contributed by atoms with E-state index < -0.39 is 0 Å². The van der Waals surface area contributed by atoms with E-state index in [2.05, 4.69) is 37.9 Å². The highest BCUT2D eigenvalue weighted by Gasteiger charge is 2.03. The van der Waals surface area contributed by atoms with E-state index in [1.165, 1.54) is 6.07 Å². The standard InChI is InChI=1S/C14H17ClFN/c1-14(2,3)7-4-8-17-10-11-5-6-13(16)12(15)9-11/h5-6,9,17H,8,10H2,1-3H3. The fraction of sp³-hybridized carbons (Fsp3) is 0.429. The molecular formula is C14H17ClFN. The largest absolute Gasteiger partial charge is 0.302 e. The minimum atomic E-state index is -0.386. The van der Waals surface area contributed by atoms with Gasteiger partial charge in [0.15, 0.2) is 0 Å². The Hall–Kier alpha value is -1.04. The summed E-state index contributed by atoms with van der Waals surface area (Å²) in [5, 5.41) is 3.32. The summed E-state index contributed by atoms with van der Waals surface area (Å²) in [5.74, 6) is 5.80. The summed E-state index contributed by atoms with van der Waals surface area (Å²) in [7, 11) is 0. The molecule has 1 nitrogen and oxygen atoms in total. The van der Waals surface area contributed by atoms with Crippen molar-refractivity contribution in [3.63, 3.8) is 0 Å². The van der Waals surface area contributed by atoms with Crippen LogP contribution in [0.25, 0.3) is 0 Å². The van der Waals surface area contributed by atoms with E-state index in [1.54, 1.807) is 12.1 Å². The van der Waals surface area contributed by atoms with E-state index in [4.69, 9.17) is 11.6 Å². The lowest BCUT2D eigenvalue weighted by Gasteiger charge is -2.07. The molecule has 0 aliphatic heterocycles. The van der Waals surface area contributed by atoms with E-state index in [9.17, 15) is 4.39 Å².